The second kappa shape index (κ2) is 7.05. The Bertz CT molecular complexity index is 535. The number of hydrogen-bond donors (Lipinski definition) is 1. The van der Waals surface area contributed by atoms with Crippen molar-refractivity contribution in [2.24, 2.45) is 5.41 Å². The lowest BCUT2D eigenvalue weighted by molar-refractivity contribution is 0.288. The van der Waals surface area contributed by atoms with Gasteiger partial charge in [0.25, 0.3) is 0 Å². The van der Waals surface area contributed by atoms with E-state index in [2.05, 4.69) is 48.9 Å². The fourth-order valence-electron chi connectivity index (χ4n) is 1.91. The molecular weight excluding hydrogens is 338 g/mol. The van der Waals surface area contributed by atoms with Crippen LogP contribution < -0.4 is 5.32 Å². The zero-order valence-electron chi connectivity index (χ0n) is 12.6. The minimum absolute atomic E-state index is 0.0635. The second-order valence-corrected chi connectivity index (χ2v) is 9.06. The summed E-state index contributed by atoms with van der Waals surface area (Å²) >= 11 is 3.32. The quantitative estimate of drug-likeness (QED) is 0.841. The minimum atomic E-state index is -3.29. The Labute approximate surface area is 131 Å². The van der Waals surface area contributed by atoms with E-state index in [4.69, 9.17) is 0 Å². The van der Waals surface area contributed by atoms with Crippen LogP contribution in [0.5, 0.6) is 0 Å². The van der Waals surface area contributed by atoms with Crippen molar-refractivity contribution in [2.45, 2.75) is 45.1 Å². The molecule has 3 nitrogen and oxygen atoms in total. The van der Waals surface area contributed by atoms with Crippen molar-refractivity contribution in [1.82, 2.24) is 5.32 Å². The maximum atomic E-state index is 12.5. The van der Waals surface area contributed by atoms with Crippen LogP contribution in [0.3, 0.4) is 0 Å². The molecule has 1 N–H and O–H groups in total. The van der Waals surface area contributed by atoms with Crippen molar-refractivity contribution >= 4 is 25.8 Å². The zero-order chi connectivity index (χ0) is 15.4. The summed E-state index contributed by atoms with van der Waals surface area (Å²) in [7, 11) is -3.29. The van der Waals surface area contributed by atoms with Crippen LogP contribution >= 0.6 is 15.9 Å². The first kappa shape index (κ1) is 17.7. The normalized spacial score (nSPS) is 14.2. The van der Waals surface area contributed by atoms with Gasteiger partial charge in [-0.1, -0.05) is 49.7 Å². The van der Waals surface area contributed by atoms with Crippen molar-refractivity contribution in [3.8, 4) is 0 Å². The molecule has 0 radical (unpaired) electrons. The van der Waals surface area contributed by atoms with E-state index < -0.39 is 9.84 Å². The van der Waals surface area contributed by atoms with Gasteiger partial charge in [0.2, 0.25) is 0 Å². The molecule has 1 aromatic carbocycles. The molecule has 5 heteroatoms. The zero-order valence-corrected chi connectivity index (χ0v) is 15.0. The van der Waals surface area contributed by atoms with Crippen molar-refractivity contribution in [1.29, 1.82) is 0 Å². The molecule has 0 fully saturated rings. The number of benzene rings is 1. The molecule has 0 heterocycles. The van der Waals surface area contributed by atoms with Crippen LogP contribution in [0.25, 0.3) is 0 Å². The summed E-state index contributed by atoms with van der Waals surface area (Å²) in [6, 6.07) is 6.83. The lowest BCUT2D eigenvalue weighted by atomic mass is 9.88. The van der Waals surface area contributed by atoms with Gasteiger partial charge < -0.3 is 5.32 Å². The molecule has 0 aliphatic rings. The standard InChI is InChI=1S/C15H24BrNO2S/c1-5-9-17-14(15(2,3)4)11-20(18,19)13-8-6-7-12(16)10-13/h6-8,10,14,17H,5,9,11H2,1-4H3. The van der Waals surface area contributed by atoms with E-state index in [9.17, 15) is 8.42 Å². The molecule has 1 unspecified atom stereocenters. The van der Waals surface area contributed by atoms with Crippen molar-refractivity contribution < 1.29 is 8.42 Å². The number of rotatable bonds is 6. The molecule has 1 atom stereocenters. The average Bonchev–Trinajstić information content (AvgIpc) is 2.33. The Morgan fingerprint density at radius 1 is 1.30 bits per heavy atom. The molecule has 0 spiro atoms. The molecule has 20 heavy (non-hydrogen) atoms. The van der Waals surface area contributed by atoms with Gasteiger partial charge in [0.05, 0.1) is 10.6 Å². The fraction of sp³-hybridized carbons (Fsp3) is 0.600. The summed E-state index contributed by atoms with van der Waals surface area (Å²) in [5.41, 5.74) is -0.103. The van der Waals surface area contributed by atoms with Crippen LogP contribution in [0.15, 0.2) is 33.6 Å². The molecule has 0 aliphatic heterocycles. The highest BCUT2D eigenvalue weighted by Gasteiger charge is 2.30. The smallest absolute Gasteiger partial charge is 0.179 e. The van der Waals surface area contributed by atoms with Gasteiger partial charge >= 0.3 is 0 Å². The van der Waals surface area contributed by atoms with E-state index in [1.807, 2.05) is 6.07 Å². The van der Waals surface area contributed by atoms with Crippen LogP contribution in [0.1, 0.15) is 34.1 Å². The largest absolute Gasteiger partial charge is 0.312 e. The van der Waals surface area contributed by atoms with Gasteiger partial charge in [-0.25, -0.2) is 8.42 Å². The van der Waals surface area contributed by atoms with E-state index in [0.717, 1.165) is 17.4 Å². The summed E-state index contributed by atoms with van der Waals surface area (Å²) in [4.78, 5) is 0.374. The number of hydrogen-bond acceptors (Lipinski definition) is 3. The lowest BCUT2D eigenvalue weighted by Gasteiger charge is -2.31. The fourth-order valence-corrected chi connectivity index (χ4v) is 4.30. The highest BCUT2D eigenvalue weighted by molar-refractivity contribution is 9.10. The van der Waals surface area contributed by atoms with E-state index in [-0.39, 0.29) is 17.2 Å². The molecule has 0 saturated heterocycles. The molecule has 0 aromatic heterocycles. The van der Waals surface area contributed by atoms with Gasteiger partial charge in [-0.05, 0) is 36.6 Å². The van der Waals surface area contributed by atoms with Crippen molar-refractivity contribution in [2.75, 3.05) is 12.3 Å². The molecule has 0 amide bonds. The summed E-state index contributed by atoms with van der Waals surface area (Å²) in [5, 5.41) is 3.36. The SMILES string of the molecule is CCCNC(CS(=O)(=O)c1cccc(Br)c1)C(C)(C)C. The first-order chi connectivity index (χ1) is 9.16. The second-order valence-electron chi connectivity index (χ2n) is 6.11. The number of nitrogens with one attached hydrogen (secondary N) is 1. The van der Waals surface area contributed by atoms with Crippen LogP contribution in [-0.2, 0) is 9.84 Å². The summed E-state index contributed by atoms with van der Waals surface area (Å²) in [5.74, 6) is 0.118. The highest BCUT2D eigenvalue weighted by atomic mass is 79.9. The number of halogens is 1. The predicted octanol–water partition coefficient (Wildman–Crippen LogP) is 3.64. The Morgan fingerprint density at radius 3 is 2.45 bits per heavy atom. The Kier molecular flexibility index (Phi) is 6.23. The summed E-state index contributed by atoms with van der Waals surface area (Å²) < 4.78 is 25.9. The van der Waals surface area contributed by atoms with Gasteiger partial charge in [-0.15, -0.1) is 0 Å². The highest BCUT2D eigenvalue weighted by Crippen LogP contribution is 2.24. The molecule has 0 bridgehead atoms. The topological polar surface area (TPSA) is 46.2 Å². The third kappa shape index (κ3) is 5.19. The minimum Gasteiger partial charge on any atom is -0.312 e. The van der Waals surface area contributed by atoms with Crippen LogP contribution in [0, 0.1) is 5.41 Å². The maximum Gasteiger partial charge on any atom is 0.179 e. The van der Waals surface area contributed by atoms with Crippen molar-refractivity contribution in [3.63, 3.8) is 0 Å². The monoisotopic (exact) mass is 361 g/mol. The first-order valence-electron chi connectivity index (χ1n) is 6.88. The van der Waals surface area contributed by atoms with E-state index in [1.54, 1.807) is 18.2 Å². The average molecular weight is 362 g/mol. The third-order valence-electron chi connectivity index (χ3n) is 3.23. The van der Waals surface area contributed by atoms with E-state index in [1.165, 1.54) is 0 Å². The Hall–Kier alpha value is -0.390. The third-order valence-corrected chi connectivity index (χ3v) is 5.46. The van der Waals surface area contributed by atoms with Crippen molar-refractivity contribution in [3.05, 3.63) is 28.7 Å². The predicted molar refractivity (Wildman–Crippen MR) is 87.7 cm³/mol. The van der Waals surface area contributed by atoms with Gasteiger partial charge in [0.15, 0.2) is 9.84 Å². The molecular formula is C15H24BrNO2S. The number of sulfone groups is 1. The molecule has 1 aromatic rings. The lowest BCUT2D eigenvalue weighted by Crippen LogP contribution is -2.45. The molecule has 0 aliphatic carbocycles. The van der Waals surface area contributed by atoms with E-state index in [0.29, 0.717) is 4.90 Å². The summed E-state index contributed by atoms with van der Waals surface area (Å²) in [6.45, 7) is 9.11. The van der Waals surface area contributed by atoms with Gasteiger partial charge in [-0.2, -0.15) is 0 Å². The van der Waals surface area contributed by atoms with Gasteiger partial charge in [-0.3, -0.25) is 0 Å². The first-order valence-corrected chi connectivity index (χ1v) is 9.33. The molecule has 0 saturated carbocycles. The Balaban J connectivity index is 2.97. The van der Waals surface area contributed by atoms with E-state index >= 15 is 0 Å². The van der Waals surface area contributed by atoms with Crippen LogP contribution in [0.2, 0.25) is 0 Å². The molecule has 1 rings (SSSR count). The van der Waals surface area contributed by atoms with Gasteiger partial charge in [0.1, 0.15) is 0 Å². The summed E-state index contributed by atoms with van der Waals surface area (Å²) in [6.07, 6.45) is 0.990. The Morgan fingerprint density at radius 2 is 1.95 bits per heavy atom. The van der Waals surface area contributed by atoms with Gasteiger partial charge in [0, 0.05) is 10.5 Å². The van der Waals surface area contributed by atoms with Crippen LogP contribution in [-0.4, -0.2) is 26.8 Å². The maximum absolute atomic E-state index is 12.5. The van der Waals surface area contributed by atoms with Crippen LogP contribution in [0.4, 0.5) is 0 Å². The molecule has 114 valence electrons.